The number of rotatable bonds is 3. The van der Waals surface area contributed by atoms with Gasteiger partial charge in [0.15, 0.2) is 0 Å². The number of fused-ring (bicyclic) bond motifs is 1. The Morgan fingerprint density at radius 3 is 3.15 bits per heavy atom. The number of oxazole rings is 1. The van der Waals surface area contributed by atoms with E-state index in [0.29, 0.717) is 12.4 Å². The highest BCUT2D eigenvalue weighted by molar-refractivity contribution is 5.83. The highest BCUT2D eigenvalue weighted by atomic mass is 16.4. The zero-order valence-electron chi connectivity index (χ0n) is 11.3. The van der Waals surface area contributed by atoms with Crippen LogP contribution in [0.15, 0.2) is 34.9 Å². The van der Waals surface area contributed by atoms with E-state index in [0.717, 1.165) is 24.3 Å². The average molecular weight is 271 g/mol. The van der Waals surface area contributed by atoms with Crippen LogP contribution in [0.3, 0.4) is 0 Å². The molecule has 104 valence electrons. The second-order valence-corrected chi connectivity index (χ2v) is 4.92. The molecular weight excluding hydrogens is 254 g/mol. The van der Waals surface area contributed by atoms with Crippen molar-refractivity contribution < 1.29 is 9.21 Å². The van der Waals surface area contributed by atoms with Gasteiger partial charge in [0.05, 0.1) is 12.7 Å². The first-order valence-electron chi connectivity index (χ1n) is 6.74. The van der Waals surface area contributed by atoms with E-state index in [-0.39, 0.29) is 11.9 Å². The van der Waals surface area contributed by atoms with Crippen LogP contribution in [0.25, 0.3) is 0 Å². The van der Waals surface area contributed by atoms with E-state index < -0.39 is 0 Å². The molecule has 5 nitrogen and oxygen atoms in total. The minimum absolute atomic E-state index is 0.0481. The van der Waals surface area contributed by atoms with Gasteiger partial charge in [0, 0.05) is 6.54 Å². The number of nitrogens with zero attached hydrogens (tertiary/aromatic N) is 1. The molecule has 1 amide bonds. The van der Waals surface area contributed by atoms with Crippen LogP contribution < -0.4 is 10.6 Å². The Labute approximate surface area is 117 Å². The lowest BCUT2D eigenvalue weighted by Crippen LogP contribution is -2.41. The summed E-state index contributed by atoms with van der Waals surface area (Å²) < 4.78 is 5.34. The molecule has 1 aliphatic rings. The summed E-state index contributed by atoms with van der Waals surface area (Å²) in [6.45, 7) is 2.96. The fraction of sp³-hybridized carbons (Fsp3) is 0.333. The third kappa shape index (κ3) is 2.58. The van der Waals surface area contributed by atoms with E-state index in [1.165, 1.54) is 5.56 Å². The van der Waals surface area contributed by atoms with Crippen molar-refractivity contribution in [2.45, 2.75) is 25.9 Å². The predicted octanol–water partition coefficient (Wildman–Crippen LogP) is 1.49. The fourth-order valence-corrected chi connectivity index (χ4v) is 2.49. The van der Waals surface area contributed by atoms with Crippen LogP contribution in [-0.2, 0) is 17.8 Å². The van der Waals surface area contributed by atoms with Crippen LogP contribution in [0.2, 0.25) is 0 Å². The third-order valence-electron chi connectivity index (χ3n) is 3.45. The van der Waals surface area contributed by atoms with Crippen molar-refractivity contribution in [1.29, 1.82) is 0 Å². The lowest BCUT2D eigenvalue weighted by atomic mass is 9.94. The topological polar surface area (TPSA) is 67.2 Å². The molecule has 0 bridgehead atoms. The lowest BCUT2D eigenvalue weighted by molar-refractivity contribution is -0.123. The van der Waals surface area contributed by atoms with Crippen LogP contribution in [0.4, 0.5) is 0 Å². The van der Waals surface area contributed by atoms with Crippen molar-refractivity contribution in [3.05, 3.63) is 53.2 Å². The van der Waals surface area contributed by atoms with Crippen molar-refractivity contribution in [3.8, 4) is 0 Å². The fourth-order valence-electron chi connectivity index (χ4n) is 2.49. The van der Waals surface area contributed by atoms with Gasteiger partial charge in [-0.05, 0) is 24.5 Å². The summed E-state index contributed by atoms with van der Waals surface area (Å²) >= 11 is 0. The van der Waals surface area contributed by atoms with E-state index >= 15 is 0 Å². The molecule has 1 atom stereocenters. The summed E-state index contributed by atoms with van der Waals surface area (Å²) in [5.41, 5.74) is 2.29. The minimum atomic E-state index is -0.295. The summed E-state index contributed by atoms with van der Waals surface area (Å²) in [6, 6.07) is 7.75. The number of hydrogen-bond donors (Lipinski definition) is 2. The van der Waals surface area contributed by atoms with E-state index in [2.05, 4.69) is 21.7 Å². The van der Waals surface area contributed by atoms with E-state index in [1.807, 2.05) is 25.1 Å². The first-order valence-corrected chi connectivity index (χ1v) is 6.74. The number of amides is 1. The standard InChI is InChI=1S/C15H17N3O2/c1-10-8-17-13(20-10)9-18-15(19)14-12-5-3-2-4-11(12)6-7-16-14/h2-5,8,14,16H,6-7,9H2,1H3,(H,18,19). The monoisotopic (exact) mass is 271 g/mol. The van der Waals surface area contributed by atoms with E-state index in [9.17, 15) is 4.79 Å². The maximum atomic E-state index is 12.3. The highest BCUT2D eigenvalue weighted by Gasteiger charge is 2.25. The van der Waals surface area contributed by atoms with Gasteiger partial charge in [-0.2, -0.15) is 0 Å². The average Bonchev–Trinajstić information content (AvgIpc) is 2.90. The molecule has 0 fully saturated rings. The van der Waals surface area contributed by atoms with Gasteiger partial charge >= 0.3 is 0 Å². The summed E-state index contributed by atoms with van der Waals surface area (Å²) in [6.07, 6.45) is 2.61. The van der Waals surface area contributed by atoms with Crippen molar-refractivity contribution in [3.63, 3.8) is 0 Å². The smallest absolute Gasteiger partial charge is 0.242 e. The number of hydrogen-bond acceptors (Lipinski definition) is 4. The number of aryl methyl sites for hydroxylation is 1. The molecule has 2 heterocycles. The van der Waals surface area contributed by atoms with E-state index in [1.54, 1.807) is 6.20 Å². The summed E-state index contributed by atoms with van der Waals surface area (Å²) in [5.74, 6) is 1.23. The Kier molecular flexibility index (Phi) is 3.52. The quantitative estimate of drug-likeness (QED) is 0.887. The summed E-state index contributed by atoms with van der Waals surface area (Å²) in [5, 5.41) is 6.12. The molecule has 0 aliphatic carbocycles. The first kappa shape index (κ1) is 12.9. The molecule has 2 N–H and O–H groups in total. The molecule has 1 aromatic carbocycles. The molecule has 5 heteroatoms. The normalized spacial score (nSPS) is 17.6. The van der Waals surface area contributed by atoms with Crippen LogP contribution in [0.1, 0.15) is 28.8 Å². The molecular formula is C15H17N3O2. The van der Waals surface area contributed by atoms with Crippen LogP contribution in [0, 0.1) is 6.92 Å². The maximum Gasteiger partial charge on any atom is 0.242 e. The second-order valence-electron chi connectivity index (χ2n) is 4.92. The van der Waals surface area contributed by atoms with Gasteiger partial charge in [-0.3, -0.25) is 4.79 Å². The minimum Gasteiger partial charge on any atom is -0.444 e. The van der Waals surface area contributed by atoms with Gasteiger partial charge in [-0.1, -0.05) is 24.3 Å². The lowest BCUT2D eigenvalue weighted by Gasteiger charge is -2.25. The summed E-state index contributed by atoms with van der Waals surface area (Å²) in [4.78, 5) is 16.4. The van der Waals surface area contributed by atoms with Crippen molar-refractivity contribution in [2.24, 2.45) is 0 Å². The Morgan fingerprint density at radius 1 is 1.50 bits per heavy atom. The van der Waals surface area contributed by atoms with Gasteiger partial charge in [0.1, 0.15) is 11.8 Å². The van der Waals surface area contributed by atoms with Gasteiger partial charge < -0.3 is 15.1 Å². The molecule has 0 saturated heterocycles. The zero-order chi connectivity index (χ0) is 13.9. The Morgan fingerprint density at radius 2 is 2.35 bits per heavy atom. The van der Waals surface area contributed by atoms with Gasteiger partial charge in [0.2, 0.25) is 11.8 Å². The summed E-state index contributed by atoms with van der Waals surface area (Å²) in [7, 11) is 0. The zero-order valence-corrected chi connectivity index (χ0v) is 11.3. The molecule has 3 rings (SSSR count). The number of aromatic nitrogens is 1. The van der Waals surface area contributed by atoms with Crippen molar-refractivity contribution >= 4 is 5.91 Å². The van der Waals surface area contributed by atoms with Gasteiger partial charge in [-0.15, -0.1) is 0 Å². The SMILES string of the molecule is Cc1cnc(CNC(=O)C2NCCc3ccccc32)o1. The number of carbonyl (C=O) groups is 1. The third-order valence-corrected chi connectivity index (χ3v) is 3.45. The Hall–Kier alpha value is -2.14. The molecule has 1 aromatic heterocycles. The molecule has 20 heavy (non-hydrogen) atoms. The molecule has 0 spiro atoms. The first-order chi connectivity index (χ1) is 9.74. The predicted molar refractivity (Wildman–Crippen MR) is 74.0 cm³/mol. The number of carbonyl (C=O) groups excluding carboxylic acids is 1. The number of benzene rings is 1. The van der Waals surface area contributed by atoms with Crippen LogP contribution >= 0.6 is 0 Å². The van der Waals surface area contributed by atoms with Gasteiger partial charge in [-0.25, -0.2) is 4.98 Å². The van der Waals surface area contributed by atoms with Crippen molar-refractivity contribution in [1.82, 2.24) is 15.6 Å². The second kappa shape index (κ2) is 5.46. The molecule has 0 radical (unpaired) electrons. The van der Waals surface area contributed by atoms with E-state index in [4.69, 9.17) is 4.42 Å². The Bertz CT molecular complexity index is 621. The molecule has 2 aromatic rings. The molecule has 1 aliphatic heterocycles. The molecule has 1 unspecified atom stereocenters. The van der Waals surface area contributed by atoms with Crippen molar-refractivity contribution in [2.75, 3.05) is 6.54 Å². The maximum absolute atomic E-state index is 12.3. The van der Waals surface area contributed by atoms with Crippen LogP contribution in [-0.4, -0.2) is 17.4 Å². The highest BCUT2D eigenvalue weighted by Crippen LogP contribution is 2.22. The molecule has 0 saturated carbocycles. The van der Waals surface area contributed by atoms with Gasteiger partial charge in [0.25, 0.3) is 0 Å². The largest absolute Gasteiger partial charge is 0.444 e. The number of nitrogens with one attached hydrogen (secondary N) is 2. The van der Waals surface area contributed by atoms with Crippen LogP contribution in [0.5, 0.6) is 0 Å². The Balaban J connectivity index is 1.69.